The zero-order valence-electron chi connectivity index (χ0n) is 29.0. The summed E-state index contributed by atoms with van der Waals surface area (Å²) in [5, 5.41) is 10.8. The number of rotatable bonds is 5. The zero-order chi connectivity index (χ0) is 31.6. The third-order valence-electron chi connectivity index (χ3n) is 16.2. The quantitative estimate of drug-likeness (QED) is 0.251. The Morgan fingerprint density at radius 1 is 0.773 bits per heavy atom. The molecule has 12 unspecified atom stereocenters. The number of carboxylic acids is 1. The number of aliphatic carboxylic acids is 1. The molecule has 0 spiro atoms. The van der Waals surface area contributed by atoms with Gasteiger partial charge in [0.05, 0.1) is 5.41 Å². The lowest BCUT2D eigenvalue weighted by Gasteiger charge is -2.70. The van der Waals surface area contributed by atoms with Crippen LogP contribution in [0.2, 0.25) is 0 Å². The lowest BCUT2D eigenvalue weighted by Crippen LogP contribution is -2.65. The Labute approximate surface area is 267 Å². The minimum absolute atomic E-state index is 0.0724. The van der Waals surface area contributed by atoms with E-state index in [1.54, 1.807) is 11.1 Å². The van der Waals surface area contributed by atoms with Gasteiger partial charge in [-0.3, -0.25) is 9.59 Å². The second-order valence-electron chi connectivity index (χ2n) is 18.4. The summed E-state index contributed by atoms with van der Waals surface area (Å²) < 4.78 is 6.13. The molecule has 5 fully saturated rings. The van der Waals surface area contributed by atoms with E-state index in [-0.39, 0.29) is 22.3 Å². The van der Waals surface area contributed by atoms with Gasteiger partial charge in [-0.1, -0.05) is 70.3 Å². The number of carbonyl (C=O) groups is 2. The molecular formula is C40H60O4. The molecule has 0 radical (unpaired) electrons. The van der Waals surface area contributed by atoms with Gasteiger partial charge in [-0.15, -0.1) is 0 Å². The number of ether oxygens (including phenoxy) is 1. The summed E-state index contributed by atoms with van der Waals surface area (Å²) in [5.74, 6) is 4.44. The highest BCUT2D eigenvalue weighted by molar-refractivity contribution is 5.75. The summed E-state index contributed by atoms with van der Waals surface area (Å²) in [6, 6.07) is 0. The molecule has 5 saturated carbocycles. The van der Waals surface area contributed by atoms with Crippen LogP contribution in [0.15, 0.2) is 22.3 Å². The molecule has 0 amide bonds. The summed E-state index contributed by atoms with van der Waals surface area (Å²) in [5.41, 5.74) is 6.33. The van der Waals surface area contributed by atoms with Crippen LogP contribution in [-0.4, -0.2) is 23.1 Å². The monoisotopic (exact) mass is 604 g/mol. The normalized spacial score (nSPS) is 49.6. The molecule has 7 aliphatic rings. The topological polar surface area (TPSA) is 63.6 Å². The Balaban J connectivity index is 1.47. The molecule has 0 saturated heterocycles. The van der Waals surface area contributed by atoms with Gasteiger partial charge in [0.15, 0.2) is 0 Å². The molecular weight excluding hydrogens is 544 g/mol. The van der Waals surface area contributed by atoms with Gasteiger partial charge in [-0.2, -0.15) is 0 Å². The summed E-state index contributed by atoms with van der Waals surface area (Å²) in [7, 11) is 0. The molecule has 44 heavy (non-hydrogen) atoms. The number of carboxylic acid groups (broad SMARTS) is 1. The van der Waals surface area contributed by atoms with Crippen molar-refractivity contribution in [3.63, 3.8) is 0 Å². The predicted molar refractivity (Wildman–Crippen MR) is 175 cm³/mol. The first-order valence-corrected chi connectivity index (χ1v) is 18.5. The molecule has 0 aliphatic heterocycles. The second-order valence-corrected chi connectivity index (χ2v) is 18.4. The summed E-state index contributed by atoms with van der Waals surface area (Å²) >= 11 is 0. The molecule has 1 N–H and O–H groups in total. The largest absolute Gasteiger partial charge is 0.481 e. The first-order valence-electron chi connectivity index (χ1n) is 18.5. The maximum absolute atomic E-state index is 13.1. The average molecular weight is 605 g/mol. The summed E-state index contributed by atoms with van der Waals surface area (Å²) in [6.07, 6.45) is 13.4. The van der Waals surface area contributed by atoms with Crippen LogP contribution >= 0.6 is 0 Å². The lowest BCUT2D eigenvalue weighted by atomic mass is 9.34. The van der Waals surface area contributed by atoms with E-state index in [1.807, 2.05) is 11.1 Å². The van der Waals surface area contributed by atoms with Crippen LogP contribution in [0.5, 0.6) is 0 Å². The fourth-order valence-electron chi connectivity index (χ4n) is 14.5. The second kappa shape index (κ2) is 10.2. The van der Waals surface area contributed by atoms with Crippen LogP contribution in [0.25, 0.3) is 0 Å². The fraction of sp³-hybridized carbons (Fsp3) is 0.850. The molecule has 0 heterocycles. The van der Waals surface area contributed by atoms with Crippen molar-refractivity contribution >= 4 is 12.4 Å². The molecule has 0 aromatic carbocycles. The summed E-state index contributed by atoms with van der Waals surface area (Å²) in [6.45, 7) is 20.0. The van der Waals surface area contributed by atoms with Crippen LogP contribution in [0.3, 0.4) is 0 Å². The van der Waals surface area contributed by atoms with Gasteiger partial charge in [-0.25, -0.2) is 0 Å². The van der Waals surface area contributed by atoms with Crippen molar-refractivity contribution in [2.45, 2.75) is 138 Å². The number of fused-ring (bicyclic) bond motifs is 6. The van der Waals surface area contributed by atoms with Gasteiger partial charge >= 0.3 is 5.97 Å². The first-order chi connectivity index (χ1) is 20.7. The van der Waals surface area contributed by atoms with Crippen LogP contribution < -0.4 is 0 Å². The highest BCUT2D eigenvalue weighted by Gasteiger charge is 2.69. The van der Waals surface area contributed by atoms with Crippen molar-refractivity contribution < 1.29 is 19.4 Å². The van der Waals surface area contributed by atoms with Crippen LogP contribution in [0.4, 0.5) is 0 Å². The van der Waals surface area contributed by atoms with Crippen LogP contribution in [-0.2, 0) is 14.3 Å². The minimum Gasteiger partial charge on any atom is -0.481 e. The van der Waals surface area contributed by atoms with Crippen molar-refractivity contribution in [3.05, 3.63) is 22.3 Å². The molecule has 244 valence electrons. The van der Waals surface area contributed by atoms with Gasteiger partial charge < -0.3 is 9.84 Å². The van der Waals surface area contributed by atoms with E-state index in [4.69, 9.17) is 4.74 Å². The molecule has 0 aromatic rings. The van der Waals surface area contributed by atoms with Crippen molar-refractivity contribution in [1.29, 1.82) is 0 Å². The highest BCUT2D eigenvalue weighted by atomic mass is 16.5. The average Bonchev–Trinajstić information content (AvgIpc) is 2.96. The molecule has 0 bridgehead atoms. The van der Waals surface area contributed by atoms with E-state index in [2.05, 4.69) is 55.4 Å². The molecule has 7 aliphatic carbocycles. The fourth-order valence-corrected chi connectivity index (χ4v) is 14.5. The van der Waals surface area contributed by atoms with Crippen molar-refractivity contribution in [1.82, 2.24) is 0 Å². The standard InChI is InChI=1S/C40H60O4/c1-22(2)24-12-14-29-35-27(20-31-38(29,6)16-10-18-40(31,8)44-21-41)33-25(23(3)4)11-13-28-34(33)26(32(24)35)19-30-37(28,5)15-9-17-39(30,7)36(42)43/h21-23,26-31,34-35H,9-20H2,1-8H3,(H,42,43). The van der Waals surface area contributed by atoms with E-state index in [0.29, 0.717) is 53.3 Å². The van der Waals surface area contributed by atoms with Crippen molar-refractivity contribution in [2.24, 2.45) is 75.4 Å². The zero-order valence-corrected chi connectivity index (χ0v) is 29.0. The number of hydrogen-bond acceptors (Lipinski definition) is 3. The van der Waals surface area contributed by atoms with Gasteiger partial charge in [0, 0.05) is 5.92 Å². The van der Waals surface area contributed by atoms with Crippen molar-refractivity contribution in [3.8, 4) is 0 Å². The third kappa shape index (κ3) is 3.93. The predicted octanol–water partition coefficient (Wildman–Crippen LogP) is 9.63. The van der Waals surface area contributed by atoms with E-state index in [0.717, 1.165) is 45.0 Å². The van der Waals surface area contributed by atoms with Crippen LogP contribution in [0, 0.1) is 75.4 Å². The van der Waals surface area contributed by atoms with Crippen LogP contribution in [0.1, 0.15) is 132 Å². The maximum atomic E-state index is 13.1. The minimum atomic E-state index is -0.634. The number of allylic oxidation sites excluding steroid dienone is 4. The molecule has 4 heteroatoms. The first kappa shape index (κ1) is 31.0. The van der Waals surface area contributed by atoms with Gasteiger partial charge in [0.2, 0.25) is 0 Å². The summed E-state index contributed by atoms with van der Waals surface area (Å²) in [4.78, 5) is 25.1. The Morgan fingerprint density at radius 2 is 1.25 bits per heavy atom. The molecule has 7 rings (SSSR count). The Bertz CT molecular complexity index is 1290. The van der Waals surface area contributed by atoms with Gasteiger partial charge in [0.25, 0.3) is 6.47 Å². The Hall–Kier alpha value is -1.58. The van der Waals surface area contributed by atoms with E-state index < -0.39 is 11.4 Å². The number of carbonyl (C=O) groups excluding carboxylic acids is 1. The van der Waals surface area contributed by atoms with E-state index in [9.17, 15) is 14.7 Å². The molecule has 12 atom stereocenters. The van der Waals surface area contributed by atoms with E-state index in [1.165, 1.54) is 38.5 Å². The number of hydrogen-bond donors (Lipinski definition) is 1. The highest BCUT2D eigenvalue weighted by Crippen LogP contribution is 2.75. The van der Waals surface area contributed by atoms with Gasteiger partial charge in [0.1, 0.15) is 5.60 Å². The van der Waals surface area contributed by atoms with Crippen molar-refractivity contribution in [2.75, 3.05) is 0 Å². The maximum Gasteiger partial charge on any atom is 0.309 e. The Kier molecular flexibility index (Phi) is 7.20. The molecule has 0 aromatic heterocycles. The lowest BCUT2D eigenvalue weighted by molar-refractivity contribution is -0.195. The SMILES string of the molecule is CC(C)C1=C2C3CC4C(C)(C(=O)O)CCCC4(C)C4CCC(C(C)C)=C(C5CC6C(C)(OC=O)CCCC6(C)C(CC1)C25)C34. The molecule has 4 nitrogen and oxygen atoms in total. The Morgan fingerprint density at radius 3 is 1.73 bits per heavy atom. The smallest absolute Gasteiger partial charge is 0.309 e. The van der Waals surface area contributed by atoms with Gasteiger partial charge in [-0.05, 0) is 149 Å². The third-order valence-corrected chi connectivity index (χ3v) is 16.2. The van der Waals surface area contributed by atoms with E-state index >= 15 is 0 Å².